The van der Waals surface area contributed by atoms with Crippen molar-refractivity contribution in [1.29, 1.82) is 0 Å². The van der Waals surface area contributed by atoms with E-state index in [9.17, 15) is 18.0 Å². The number of rotatable bonds is 2. The van der Waals surface area contributed by atoms with Crippen LogP contribution in [0.5, 0.6) is 0 Å². The minimum atomic E-state index is -2.93. The molecule has 1 rings (SSSR count). The van der Waals surface area contributed by atoms with E-state index < -0.39 is 23.5 Å². The molecule has 1 heterocycles. The number of nitrogens with zero attached hydrogens (tertiary/aromatic N) is 1. The molecule has 1 aromatic rings. The molecule has 0 aliphatic heterocycles. The van der Waals surface area contributed by atoms with E-state index in [1.165, 1.54) is 6.92 Å². The fourth-order valence-electron chi connectivity index (χ4n) is 0.903. The number of halogens is 3. The largest absolute Gasteiger partial charge is 0.298 e. The summed E-state index contributed by atoms with van der Waals surface area (Å²) in [6, 6.07) is 0. The highest BCUT2D eigenvalue weighted by molar-refractivity contribution is 5.77. The van der Waals surface area contributed by atoms with E-state index in [-0.39, 0.29) is 11.8 Å². The first kappa shape index (κ1) is 9.70. The maximum absolute atomic E-state index is 13.0. The first-order chi connectivity index (χ1) is 6.07. The van der Waals surface area contributed by atoms with Gasteiger partial charge in [0.2, 0.25) is 0 Å². The minimum Gasteiger partial charge on any atom is -0.298 e. The van der Waals surface area contributed by atoms with Gasteiger partial charge >= 0.3 is 0 Å². The number of carbonyl (C=O) groups excluding carboxylic acids is 1. The van der Waals surface area contributed by atoms with Gasteiger partial charge in [0.25, 0.3) is 6.43 Å². The highest BCUT2D eigenvalue weighted by Gasteiger charge is 2.19. The Hall–Kier alpha value is -1.39. The van der Waals surface area contributed by atoms with Gasteiger partial charge in [0.05, 0.1) is 5.56 Å². The Balaban J connectivity index is 3.38. The minimum absolute atomic E-state index is 0.0524. The second-order valence-electron chi connectivity index (χ2n) is 2.47. The summed E-state index contributed by atoms with van der Waals surface area (Å²) in [5, 5.41) is 0. The SMILES string of the molecule is Cc1cnc(C(F)F)c(C=O)c1F. The van der Waals surface area contributed by atoms with Gasteiger partial charge in [0.15, 0.2) is 6.29 Å². The first-order valence-electron chi connectivity index (χ1n) is 3.46. The van der Waals surface area contributed by atoms with Gasteiger partial charge in [-0.2, -0.15) is 0 Å². The number of carbonyl (C=O) groups is 1. The van der Waals surface area contributed by atoms with Crippen LogP contribution in [0.25, 0.3) is 0 Å². The average molecular weight is 189 g/mol. The molecule has 0 atom stereocenters. The van der Waals surface area contributed by atoms with Crippen molar-refractivity contribution in [2.24, 2.45) is 0 Å². The number of aldehydes is 1. The third-order valence-corrected chi connectivity index (χ3v) is 1.58. The molecule has 0 saturated carbocycles. The van der Waals surface area contributed by atoms with Gasteiger partial charge in [-0.25, -0.2) is 13.2 Å². The summed E-state index contributed by atoms with van der Waals surface area (Å²) in [6.45, 7) is 1.35. The fraction of sp³-hybridized carbons (Fsp3) is 0.250. The lowest BCUT2D eigenvalue weighted by atomic mass is 10.1. The average Bonchev–Trinajstić information content (AvgIpc) is 2.09. The number of pyridine rings is 1. The topological polar surface area (TPSA) is 30.0 Å². The molecule has 0 unspecified atom stereocenters. The Morgan fingerprint density at radius 1 is 1.54 bits per heavy atom. The maximum Gasteiger partial charge on any atom is 0.281 e. The van der Waals surface area contributed by atoms with Crippen molar-refractivity contribution < 1.29 is 18.0 Å². The van der Waals surface area contributed by atoms with Gasteiger partial charge in [0.1, 0.15) is 11.5 Å². The van der Waals surface area contributed by atoms with E-state index in [2.05, 4.69) is 4.98 Å². The lowest BCUT2D eigenvalue weighted by Crippen LogP contribution is -2.02. The Morgan fingerprint density at radius 2 is 2.15 bits per heavy atom. The number of hydrogen-bond donors (Lipinski definition) is 0. The molecular weight excluding hydrogens is 183 g/mol. The van der Waals surface area contributed by atoms with Crippen LogP contribution >= 0.6 is 0 Å². The predicted octanol–water partition coefficient (Wildman–Crippen LogP) is 2.28. The van der Waals surface area contributed by atoms with Crippen LogP contribution in [-0.4, -0.2) is 11.3 Å². The third-order valence-electron chi connectivity index (χ3n) is 1.58. The van der Waals surface area contributed by atoms with E-state index in [0.29, 0.717) is 0 Å². The van der Waals surface area contributed by atoms with E-state index in [0.717, 1.165) is 6.20 Å². The quantitative estimate of drug-likeness (QED) is 0.668. The van der Waals surface area contributed by atoms with Crippen LogP contribution in [0, 0.1) is 12.7 Å². The summed E-state index contributed by atoms with van der Waals surface area (Å²) >= 11 is 0. The zero-order valence-electron chi connectivity index (χ0n) is 6.72. The van der Waals surface area contributed by atoms with Gasteiger partial charge < -0.3 is 0 Å². The molecule has 0 aromatic carbocycles. The van der Waals surface area contributed by atoms with Gasteiger partial charge in [-0.15, -0.1) is 0 Å². The molecule has 0 bridgehead atoms. The van der Waals surface area contributed by atoms with E-state index in [1.807, 2.05) is 0 Å². The molecule has 0 aliphatic carbocycles. The molecule has 1 aromatic heterocycles. The molecule has 0 saturated heterocycles. The normalized spacial score (nSPS) is 10.5. The zero-order valence-corrected chi connectivity index (χ0v) is 6.72. The van der Waals surface area contributed by atoms with Crippen molar-refractivity contribution in [2.75, 3.05) is 0 Å². The first-order valence-corrected chi connectivity index (χ1v) is 3.46. The third kappa shape index (κ3) is 1.68. The Kier molecular flexibility index (Phi) is 2.65. The van der Waals surface area contributed by atoms with Crippen LogP contribution in [0.1, 0.15) is 28.0 Å². The number of alkyl halides is 2. The number of aromatic nitrogens is 1. The molecule has 5 heteroatoms. The molecular formula is C8H6F3NO. The van der Waals surface area contributed by atoms with Crippen molar-refractivity contribution in [1.82, 2.24) is 4.98 Å². The molecule has 0 amide bonds. The molecule has 0 spiro atoms. The highest BCUT2D eigenvalue weighted by atomic mass is 19.3. The Bertz CT molecular complexity index is 338. The van der Waals surface area contributed by atoms with Crippen LogP contribution in [0.15, 0.2) is 6.20 Å². The van der Waals surface area contributed by atoms with Crippen molar-refractivity contribution in [2.45, 2.75) is 13.3 Å². The molecule has 0 fully saturated rings. The molecule has 13 heavy (non-hydrogen) atoms. The number of hydrogen-bond acceptors (Lipinski definition) is 2. The van der Waals surface area contributed by atoms with Crippen LogP contribution < -0.4 is 0 Å². The standard InChI is InChI=1S/C8H6F3NO/c1-4-2-12-7(8(10)11)5(3-13)6(4)9/h2-3,8H,1H3. The molecule has 0 radical (unpaired) electrons. The Labute approximate surface area is 72.4 Å². The predicted molar refractivity (Wildman–Crippen MR) is 39.3 cm³/mol. The Morgan fingerprint density at radius 3 is 2.62 bits per heavy atom. The second-order valence-corrected chi connectivity index (χ2v) is 2.47. The smallest absolute Gasteiger partial charge is 0.281 e. The molecule has 70 valence electrons. The lowest BCUT2D eigenvalue weighted by Gasteiger charge is -2.04. The van der Waals surface area contributed by atoms with Gasteiger partial charge in [0, 0.05) is 11.8 Å². The van der Waals surface area contributed by atoms with Crippen molar-refractivity contribution >= 4 is 6.29 Å². The summed E-state index contributed by atoms with van der Waals surface area (Å²) < 4.78 is 37.3. The summed E-state index contributed by atoms with van der Waals surface area (Å²) in [6.07, 6.45) is -1.91. The van der Waals surface area contributed by atoms with Gasteiger partial charge in [-0.05, 0) is 6.92 Å². The van der Waals surface area contributed by atoms with Crippen LogP contribution in [0.3, 0.4) is 0 Å². The van der Waals surface area contributed by atoms with Crippen LogP contribution in [0.4, 0.5) is 13.2 Å². The summed E-state index contributed by atoms with van der Waals surface area (Å²) in [5.41, 5.74) is -1.39. The lowest BCUT2D eigenvalue weighted by molar-refractivity contribution is 0.109. The van der Waals surface area contributed by atoms with Crippen molar-refractivity contribution in [3.63, 3.8) is 0 Å². The van der Waals surface area contributed by atoms with E-state index in [1.54, 1.807) is 0 Å². The molecule has 0 N–H and O–H groups in total. The van der Waals surface area contributed by atoms with E-state index in [4.69, 9.17) is 0 Å². The monoisotopic (exact) mass is 189 g/mol. The fourth-order valence-corrected chi connectivity index (χ4v) is 0.903. The number of aryl methyl sites for hydroxylation is 1. The van der Waals surface area contributed by atoms with Gasteiger partial charge in [-0.1, -0.05) is 0 Å². The summed E-state index contributed by atoms with van der Waals surface area (Å²) in [5.74, 6) is -0.930. The summed E-state index contributed by atoms with van der Waals surface area (Å²) in [4.78, 5) is 13.6. The maximum atomic E-state index is 13.0. The summed E-state index contributed by atoms with van der Waals surface area (Å²) in [7, 11) is 0. The zero-order chi connectivity index (χ0) is 10.0. The molecule has 2 nitrogen and oxygen atoms in total. The highest BCUT2D eigenvalue weighted by Crippen LogP contribution is 2.22. The van der Waals surface area contributed by atoms with Crippen molar-refractivity contribution in [3.8, 4) is 0 Å². The van der Waals surface area contributed by atoms with E-state index >= 15 is 0 Å². The second kappa shape index (κ2) is 3.55. The van der Waals surface area contributed by atoms with Crippen LogP contribution in [-0.2, 0) is 0 Å². The van der Waals surface area contributed by atoms with Crippen molar-refractivity contribution in [3.05, 3.63) is 28.8 Å². The molecule has 0 aliphatic rings. The van der Waals surface area contributed by atoms with Crippen LogP contribution in [0.2, 0.25) is 0 Å². The van der Waals surface area contributed by atoms with Gasteiger partial charge in [-0.3, -0.25) is 9.78 Å².